The molecule has 6 heteroatoms. The van der Waals surface area contributed by atoms with Crippen molar-refractivity contribution < 1.29 is 18.8 Å². The SMILES string of the molecule is Cc1c(C(=O)NOCC(N)=O)oc2ccccc12. The number of furan rings is 1. The smallest absolute Gasteiger partial charge is 0.310 e. The average molecular weight is 248 g/mol. The summed E-state index contributed by atoms with van der Waals surface area (Å²) in [5.74, 6) is -1.07. The Morgan fingerprint density at radius 3 is 2.78 bits per heavy atom. The minimum Gasteiger partial charge on any atom is -0.451 e. The van der Waals surface area contributed by atoms with E-state index in [4.69, 9.17) is 10.2 Å². The summed E-state index contributed by atoms with van der Waals surface area (Å²) >= 11 is 0. The summed E-state index contributed by atoms with van der Waals surface area (Å²) in [4.78, 5) is 26.8. The zero-order valence-corrected chi connectivity index (χ0v) is 9.73. The van der Waals surface area contributed by atoms with Crippen LogP contribution in [0.25, 0.3) is 11.0 Å². The van der Waals surface area contributed by atoms with Crippen LogP contribution in [0.2, 0.25) is 0 Å². The molecule has 0 saturated carbocycles. The van der Waals surface area contributed by atoms with E-state index in [0.717, 1.165) is 5.39 Å². The second-order valence-electron chi connectivity index (χ2n) is 3.74. The van der Waals surface area contributed by atoms with E-state index in [1.807, 2.05) is 18.2 Å². The number of hydrogen-bond acceptors (Lipinski definition) is 4. The maximum absolute atomic E-state index is 11.7. The van der Waals surface area contributed by atoms with E-state index < -0.39 is 11.8 Å². The van der Waals surface area contributed by atoms with Crippen LogP contribution in [0.5, 0.6) is 0 Å². The fourth-order valence-corrected chi connectivity index (χ4v) is 1.61. The number of hydrogen-bond donors (Lipinski definition) is 2. The Bertz CT molecular complexity index is 603. The highest BCUT2D eigenvalue weighted by atomic mass is 16.7. The number of primary amides is 1. The van der Waals surface area contributed by atoms with Crippen LogP contribution in [0, 0.1) is 6.92 Å². The Morgan fingerprint density at radius 1 is 1.39 bits per heavy atom. The molecule has 94 valence electrons. The van der Waals surface area contributed by atoms with Gasteiger partial charge in [-0.25, -0.2) is 5.48 Å². The van der Waals surface area contributed by atoms with Crippen LogP contribution in [0.3, 0.4) is 0 Å². The number of carbonyl (C=O) groups excluding carboxylic acids is 2. The second-order valence-corrected chi connectivity index (χ2v) is 3.74. The Hall–Kier alpha value is -2.34. The molecule has 0 saturated heterocycles. The minimum absolute atomic E-state index is 0.153. The molecule has 2 aromatic rings. The molecule has 18 heavy (non-hydrogen) atoms. The summed E-state index contributed by atoms with van der Waals surface area (Å²) in [6, 6.07) is 7.30. The minimum atomic E-state index is -0.670. The number of nitrogens with two attached hydrogens (primary N) is 1. The Balaban J connectivity index is 2.17. The summed E-state index contributed by atoms with van der Waals surface area (Å²) < 4.78 is 5.41. The number of nitrogens with one attached hydrogen (secondary N) is 1. The third-order valence-electron chi connectivity index (χ3n) is 2.43. The van der Waals surface area contributed by atoms with Crippen molar-refractivity contribution in [1.29, 1.82) is 0 Å². The Morgan fingerprint density at radius 2 is 2.11 bits per heavy atom. The van der Waals surface area contributed by atoms with Gasteiger partial charge in [0.05, 0.1) is 0 Å². The zero-order chi connectivity index (χ0) is 13.1. The molecule has 1 aromatic carbocycles. The van der Waals surface area contributed by atoms with Crippen molar-refractivity contribution in [3.8, 4) is 0 Å². The molecule has 0 fully saturated rings. The number of carbonyl (C=O) groups is 2. The molecule has 0 unspecified atom stereocenters. The molecule has 0 aliphatic carbocycles. The standard InChI is InChI=1S/C12H12N2O4/c1-7-8-4-2-3-5-9(8)18-11(7)12(16)14-17-6-10(13)15/h2-5H,6H2,1H3,(H2,13,15)(H,14,16). The van der Waals surface area contributed by atoms with Gasteiger partial charge in [0.25, 0.3) is 0 Å². The van der Waals surface area contributed by atoms with Gasteiger partial charge >= 0.3 is 5.91 Å². The van der Waals surface area contributed by atoms with E-state index >= 15 is 0 Å². The third kappa shape index (κ3) is 2.33. The van der Waals surface area contributed by atoms with E-state index in [0.29, 0.717) is 11.1 Å². The van der Waals surface area contributed by atoms with E-state index in [9.17, 15) is 9.59 Å². The highest BCUT2D eigenvalue weighted by molar-refractivity contribution is 5.98. The zero-order valence-electron chi connectivity index (χ0n) is 9.73. The first-order valence-electron chi connectivity index (χ1n) is 5.28. The molecule has 0 aliphatic heterocycles. The van der Waals surface area contributed by atoms with E-state index in [-0.39, 0.29) is 12.4 Å². The molecule has 0 radical (unpaired) electrons. The van der Waals surface area contributed by atoms with Crippen molar-refractivity contribution >= 4 is 22.8 Å². The molecule has 1 heterocycles. The molecule has 2 amide bonds. The van der Waals surface area contributed by atoms with Crippen LogP contribution in [-0.4, -0.2) is 18.4 Å². The number of rotatable bonds is 4. The van der Waals surface area contributed by atoms with Gasteiger partial charge in [-0.2, -0.15) is 0 Å². The maximum atomic E-state index is 11.7. The number of benzene rings is 1. The van der Waals surface area contributed by atoms with Gasteiger partial charge in [-0.05, 0) is 13.0 Å². The Labute approximate surface area is 103 Å². The first-order chi connectivity index (χ1) is 8.59. The fourth-order valence-electron chi connectivity index (χ4n) is 1.61. The van der Waals surface area contributed by atoms with Crippen LogP contribution < -0.4 is 11.2 Å². The highest BCUT2D eigenvalue weighted by Gasteiger charge is 2.17. The lowest BCUT2D eigenvalue weighted by atomic mass is 10.1. The van der Waals surface area contributed by atoms with Gasteiger partial charge in [-0.15, -0.1) is 0 Å². The molecule has 0 atom stereocenters. The van der Waals surface area contributed by atoms with Gasteiger partial charge < -0.3 is 10.2 Å². The van der Waals surface area contributed by atoms with Crippen molar-refractivity contribution in [3.05, 3.63) is 35.6 Å². The second kappa shape index (κ2) is 4.89. The summed E-state index contributed by atoms with van der Waals surface area (Å²) in [5, 5.41) is 0.859. The molecule has 2 rings (SSSR count). The van der Waals surface area contributed by atoms with Crippen LogP contribution in [0.1, 0.15) is 16.1 Å². The predicted octanol–water partition coefficient (Wildman–Crippen LogP) is 0.888. The van der Waals surface area contributed by atoms with Crippen molar-refractivity contribution in [1.82, 2.24) is 5.48 Å². The van der Waals surface area contributed by atoms with Crippen molar-refractivity contribution in [3.63, 3.8) is 0 Å². The van der Waals surface area contributed by atoms with Gasteiger partial charge in [-0.3, -0.25) is 14.4 Å². The van der Waals surface area contributed by atoms with E-state index in [2.05, 4.69) is 10.3 Å². The number of aryl methyl sites for hydroxylation is 1. The van der Waals surface area contributed by atoms with Crippen LogP contribution >= 0.6 is 0 Å². The number of amides is 2. The Kier molecular flexibility index (Phi) is 3.29. The average Bonchev–Trinajstić information content (AvgIpc) is 2.67. The van der Waals surface area contributed by atoms with Gasteiger partial charge in [-0.1, -0.05) is 18.2 Å². The van der Waals surface area contributed by atoms with Gasteiger partial charge in [0, 0.05) is 10.9 Å². The summed E-state index contributed by atoms with van der Waals surface area (Å²) in [5.41, 5.74) is 8.30. The number of para-hydroxylation sites is 1. The largest absolute Gasteiger partial charge is 0.451 e. The molecular weight excluding hydrogens is 236 g/mol. The van der Waals surface area contributed by atoms with Gasteiger partial charge in [0.15, 0.2) is 12.4 Å². The molecule has 3 N–H and O–H groups in total. The number of hydroxylamine groups is 1. The van der Waals surface area contributed by atoms with Crippen LogP contribution in [0.4, 0.5) is 0 Å². The molecular formula is C12H12N2O4. The van der Waals surface area contributed by atoms with Crippen molar-refractivity contribution in [2.24, 2.45) is 5.73 Å². The normalized spacial score (nSPS) is 10.5. The predicted molar refractivity (Wildman–Crippen MR) is 63.6 cm³/mol. The van der Waals surface area contributed by atoms with Crippen LogP contribution in [0.15, 0.2) is 28.7 Å². The maximum Gasteiger partial charge on any atom is 0.310 e. The lowest BCUT2D eigenvalue weighted by molar-refractivity contribution is -0.124. The van der Waals surface area contributed by atoms with Crippen molar-refractivity contribution in [2.75, 3.05) is 6.61 Å². The molecule has 0 bridgehead atoms. The fraction of sp³-hybridized carbons (Fsp3) is 0.167. The molecule has 0 aliphatic rings. The molecule has 1 aromatic heterocycles. The summed E-state index contributed by atoms with van der Waals surface area (Å²) in [6.07, 6.45) is 0. The van der Waals surface area contributed by atoms with Gasteiger partial charge in [0.2, 0.25) is 5.91 Å². The van der Waals surface area contributed by atoms with E-state index in [1.165, 1.54) is 0 Å². The topological polar surface area (TPSA) is 94.6 Å². The monoisotopic (exact) mass is 248 g/mol. The molecule has 0 spiro atoms. The van der Waals surface area contributed by atoms with Crippen molar-refractivity contribution in [2.45, 2.75) is 6.92 Å². The van der Waals surface area contributed by atoms with Crippen LogP contribution in [-0.2, 0) is 9.63 Å². The first-order valence-corrected chi connectivity index (χ1v) is 5.28. The summed E-state index contributed by atoms with van der Waals surface area (Å²) in [6.45, 7) is 1.39. The summed E-state index contributed by atoms with van der Waals surface area (Å²) in [7, 11) is 0. The number of fused-ring (bicyclic) bond motifs is 1. The first kappa shape index (κ1) is 12.1. The van der Waals surface area contributed by atoms with Gasteiger partial charge in [0.1, 0.15) is 5.58 Å². The molecule has 6 nitrogen and oxygen atoms in total. The highest BCUT2D eigenvalue weighted by Crippen LogP contribution is 2.24. The lowest BCUT2D eigenvalue weighted by Crippen LogP contribution is -2.29. The third-order valence-corrected chi connectivity index (χ3v) is 2.43. The van der Waals surface area contributed by atoms with E-state index in [1.54, 1.807) is 13.0 Å². The lowest BCUT2D eigenvalue weighted by Gasteiger charge is -2.02. The quantitative estimate of drug-likeness (QED) is 0.785.